The lowest BCUT2D eigenvalue weighted by atomic mass is 10.0. The second kappa shape index (κ2) is 7.01. The number of nitrogens with one attached hydrogen (secondary N) is 1. The lowest BCUT2D eigenvalue weighted by Gasteiger charge is -2.26. The summed E-state index contributed by atoms with van der Waals surface area (Å²) in [6.45, 7) is 2.34. The van der Waals surface area contributed by atoms with Gasteiger partial charge in [0.1, 0.15) is 5.82 Å². The third kappa shape index (κ3) is 3.91. The van der Waals surface area contributed by atoms with Crippen molar-refractivity contribution in [3.63, 3.8) is 0 Å². The van der Waals surface area contributed by atoms with Gasteiger partial charge < -0.3 is 14.8 Å². The summed E-state index contributed by atoms with van der Waals surface area (Å²) in [6, 6.07) is 2.22. The van der Waals surface area contributed by atoms with E-state index in [1.807, 2.05) is 6.92 Å². The largest absolute Gasteiger partial charge is 0.419 e. The Labute approximate surface area is 114 Å². The van der Waals surface area contributed by atoms with E-state index in [1.165, 1.54) is 20.3 Å². The van der Waals surface area contributed by atoms with Crippen LogP contribution in [0.3, 0.4) is 0 Å². The van der Waals surface area contributed by atoms with Crippen LogP contribution in [-0.4, -0.2) is 27.1 Å². The summed E-state index contributed by atoms with van der Waals surface area (Å²) in [4.78, 5) is 0. The van der Waals surface area contributed by atoms with Crippen LogP contribution in [-0.2, 0) is 15.7 Å². The normalized spacial score (nSPS) is 13.8. The molecule has 0 saturated carbocycles. The number of hydrogen-bond acceptors (Lipinski definition) is 3. The van der Waals surface area contributed by atoms with Crippen LogP contribution in [0.5, 0.6) is 0 Å². The van der Waals surface area contributed by atoms with Crippen LogP contribution in [0, 0.1) is 5.82 Å². The Bertz CT molecular complexity index is 433. The Kier molecular flexibility index (Phi) is 5.91. The van der Waals surface area contributed by atoms with E-state index in [0.717, 1.165) is 12.1 Å². The highest BCUT2D eigenvalue weighted by atomic mass is 19.4. The van der Waals surface area contributed by atoms with Gasteiger partial charge in [-0.1, -0.05) is 13.0 Å². The van der Waals surface area contributed by atoms with Gasteiger partial charge in [0.05, 0.1) is 11.6 Å². The lowest BCUT2D eigenvalue weighted by molar-refractivity contribution is -0.140. The summed E-state index contributed by atoms with van der Waals surface area (Å²) in [5, 5.41) is 2.99. The average molecular weight is 295 g/mol. The molecule has 1 aromatic carbocycles. The molecule has 0 aromatic heterocycles. The summed E-state index contributed by atoms with van der Waals surface area (Å²) in [6.07, 6.45) is -5.44. The molecule has 1 aromatic rings. The zero-order valence-electron chi connectivity index (χ0n) is 11.4. The smallest absolute Gasteiger partial charge is 0.354 e. The van der Waals surface area contributed by atoms with Gasteiger partial charge in [0.2, 0.25) is 0 Å². The minimum Gasteiger partial charge on any atom is -0.354 e. The van der Waals surface area contributed by atoms with E-state index in [-0.39, 0.29) is 0 Å². The Morgan fingerprint density at radius 1 is 1.20 bits per heavy atom. The Morgan fingerprint density at radius 2 is 1.80 bits per heavy atom. The van der Waals surface area contributed by atoms with Crippen LogP contribution < -0.4 is 5.32 Å². The van der Waals surface area contributed by atoms with Crippen LogP contribution in [0.1, 0.15) is 24.1 Å². The van der Waals surface area contributed by atoms with Gasteiger partial charge in [-0.25, -0.2) is 4.39 Å². The summed E-state index contributed by atoms with van der Waals surface area (Å²) >= 11 is 0. The van der Waals surface area contributed by atoms with Gasteiger partial charge in [0, 0.05) is 14.2 Å². The van der Waals surface area contributed by atoms with Gasteiger partial charge in [0.25, 0.3) is 0 Å². The summed E-state index contributed by atoms with van der Waals surface area (Å²) in [5.74, 6) is -1.32. The topological polar surface area (TPSA) is 30.5 Å². The zero-order chi connectivity index (χ0) is 15.3. The monoisotopic (exact) mass is 295 g/mol. The fourth-order valence-electron chi connectivity index (χ4n) is 1.91. The van der Waals surface area contributed by atoms with E-state index in [4.69, 9.17) is 9.47 Å². The first-order valence-corrected chi connectivity index (χ1v) is 6.00. The molecule has 0 aliphatic carbocycles. The fourth-order valence-corrected chi connectivity index (χ4v) is 1.91. The van der Waals surface area contributed by atoms with Crippen molar-refractivity contribution in [2.45, 2.75) is 25.4 Å². The first-order chi connectivity index (χ1) is 9.35. The molecule has 3 nitrogen and oxygen atoms in total. The van der Waals surface area contributed by atoms with Crippen LogP contribution >= 0.6 is 0 Å². The van der Waals surface area contributed by atoms with Gasteiger partial charge >= 0.3 is 6.18 Å². The number of alkyl halides is 3. The van der Waals surface area contributed by atoms with E-state index >= 15 is 0 Å². The summed E-state index contributed by atoms with van der Waals surface area (Å²) in [5.41, 5.74) is -0.964. The Hall–Kier alpha value is -1.18. The molecule has 0 bridgehead atoms. The first-order valence-electron chi connectivity index (χ1n) is 6.00. The molecular weight excluding hydrogens is 278 g/mol. The zero-order valence-corrected chi connectivity index (χ0v) is 11.4. The lowest BCUT2D eigenvalue weighted by Crippen LogP contribution is -2.34. The molecule has 0 heterocycles. The number of rotatable bonds is 6. The van der Waals surface area contributed by atoms with Crippen molar-refractivity contribution in [2.24, 2.45) is 0 Å². The van der Waals surface area contributed by atoms with Crippen molar-refractivity contribution < 1.29 is 27.0 Å². The minimum absolute atomic E-state index is 0.325. The summed E-state index contributed by atoms with van der Waals surface area (Å²) < 4.78 is 61.3. The minimum atomic E-state index is -4.71. The molecular formula is C13H17F4NO2. The summed E-state index contributed by atoms with van der Waals surface area (Å²) in [7, 11) is 2.80. The van der Waals surface area contributed by atoms with Crippen LogP contribution in [0.2, 0.25) is 0 Å². The molecule has 0 amide bonds. The maximum Gasteiger partial charge on any atom is 0.419 e. The number of ether oxygens (including phenoxy) is 2. The molecule has 1 N–H and O–H groups in total. The maximum absolute atomic E-state index is 13.6. The van der Waals surface area contributed by atoms with Crippen molar-refractivity contribution in [3.8, 4) is 0 Å². The van der Waals surface area contributed by atoms with Gasteiger partial charge in [0.15, 0.2) is 6.29 Å². The SMILES string of the molecule is CCNC(c1ccc(C(F)(F)F)c(F)c1)C(OC)OC. The van der Waals surface area contributed by atoms with E-state index < -0.39 is 29.9 Å². The predicted molar refractivity (Wildman–Crippen MR) is 65.6 cm³/mol. The maximum atomic E-state index is 13.6. The fraction of sp³-hybridized carbons (Fsp3) is 0.538. The number of hydrogen-bond donors (Lipinski definition) is 1. The molecule has 114 valence electrons. The number of likely N-dealkylation sites (N-methyl/N-ethyl adjacent to an activating group) is 1. The second-order valence-corrected chi connectivity index (χ2v) is 4.11. The molecule has 0 saturated heterocycles. The molecule has 20 heavy (non-hydrogen) atoms. The van der Waals surface area contributed by atoms with Gasteiger partial charge in [-0.3, -0.25) is 0 Å². The van der Waals surface area contributed by atoms with Crippen LogP contribution in [0.15, 0.2) is 18.2 Å². The molecule has 1 rings (SSSR count). The van der Waals surface area contributed by atoms with Crippen molar-refractivity contribution >= 4 is 0 Å². The standard InChI is InChI=1S/C13H17F4NO2/c1-4-18-11(12(19-2)20-3)8-5-6-9(10(14)7-8)13(15,16)17/h5-7,11-12,18H,4H2,1-3H3. The van der Waals surface area contributed by atoms with Crippen molar-refractivity contribution in [1.29, 1.82) is 0 Å². The molecule has 0 fully saturated rings. The number of methoxy groups -OCH3 is 2. The third-order valence-corrected chi connectivity index (χ3v) is 2.82. The van der Waals surface area contributed by atoms with Crippen molar-refractivity contribution in [1.82, 2.24) is 5.32 Å². The Morgan fingerprint density at radius 3 is 2.20 bits per heavy atom. The van der Waals surface area contributed by atoms with Crippen molar-refractivity contribution in [2.75, 3.05) is 20.8 Å². The first kappa shape index (κ1) is 16.9. The van der Waals surface area contributed by atoms with Crippen LogP contribution in [0.4, 0.5) is 17.6 Å². The van der Waals surface area contributed by atoms with Crippen LogP contribution in [0.25, 0.3) is 0 Å². The van der Waals surface area contributed by atoms with E-state index in [9.17, 15) is 17.6 Å². The molecule has 1 unspecified atom stereocenters. The number of benzene rings is 1. The van der Waals surface area contributed by atoms with Gasteiger partial charge in [-0.05, 0) is 24.2 Å². The highest BCUT2D eigenvalue weighted by Gasteiger charge is 2.34. The highest BCUT2D eigenvalue weighted by molar-refractivity contribution is 5.29. The average Bonchev–Trinajstić information content (AvgIpc) is 2.37. The van der Waals surface area contributed by atoms with Gasteiger partial charge in [-0.15, -0.1) is 0 Å². The molecule has 0 radical (unpaired) electrons. The second-order valence-electron chi connectivity index (χ2n) is 4.11. The van der Waals surface area contributed by atoms with E-state index in [2.05, 4.69) is 5.32 Å². The number of halogens is 4. The predicted octanol–water partition coefficient (Wildman–Crippen LogP) is 3.11. The van der Waals surface area contributed by atoms with E-state index in [0.29, 0.717) is 12.1 Å². The molecule has 1 atom stereocenters. The Balaban J connectivity index is 3.13. The van der Waals surface area contributed by atoms with E-state index in [1.54, 1.807) is 0 Å². The quantitative estimate of drug-likeness (QED) is 0.646. The third-order valence-electron chi connectivity index (χ3n) is 2.82. The molecule has 0 aliphatic rings. The molecule has 0 aliphatic heterocycles. The van der Waals surface area contributed by atoms with Crippen molar-refractivity contribution in [3.05, 3.63) is 35.1 Å². The highest BCUT2D eigenvalue weighted by Crippen LogP contribution is 2.33. The molecule has 0 spiro atoms. The van der Waals surface area contributed by atoms with Gasteiger partial charge in [-0.2, -0.15) is 13.2 Å². The molecule has 7 heteroatoms.